The maximum absolute atomic E-state index is 13.8. The van der Waals surface area contributed by atoms with Gasteiger partial charge in [0.1, 0.15) is 18.0 Å². The second-order valence-electron chi connectivity index (χ2n) is 6.30. The fourth-order valence-electron chi connectivity index (χ4n) is 2.62. The van der Waals surface area contributed by atoms with E-state index in [1.165, 1.54) is 0 Å². The van der Waals surface area contributed by atoms with Crippen molar-refractivity contribution in [2.75, 3.05) is 7.05 Å². The van der Waals surface area contributed by atoms with Gasteiger partial charge >= 0.3 is 0 Å². The number of hydrogen-bond donors (Lipinski definition) is 2. The summed E-state index contributed by atoms with van der Waals surface area (Å²) in [6, 6.07) is 9.12. The number of guanidine groups is 1. The number of aromatic nitrogens is 3. The molecule has 0 saturated heterocycles. The molecule has 6 nitrogen and oxygen atoms in total. The van der Waals surface area contributed by atoms with Gasteiger partial charge in [0.15, 0.2) is 5.96 Å². The summed E-state index contributed by atoms with van der Waals surface area (Å²) in [6.45, 7) is 4.30. The minimum atomic E-state index is -0.201. The average Bonchev–Trinajstić information content (AvgIpc) is 3.22. The molecule has 140 valence electrons. The van der Waals surface area contributed by atoms with Crippen molar-refractivity contribution in [2.24, 2.45) is 4.99 Å². The Labute approximate surface area is 158 Å². The van der Waals surface area contributed by atoms with Gasteiger partial charge in [0.2, 0.25) is 0 Å². The molecule has 7 heteroatoms. The SMILES string of the molecule is CN=C(NCc1ccc(-n2ccnc2)nc1)NC(C)c1ccc(C)c(F)c1. The first kappa shape index (κ1) is 18.6. The van der Waals surface area contributed by atoms with Crippen LogP contribution in [0.4, 0.5) is 4.39 Å². The number of nitrogens with one attached hydrogen (secondary N) is 2. The van der Waals surface area contributed by atoms with Crippen LogP contribution in [0.5, 0.6) is 0 Å². The smallest absolute Gasteiger partial charge is 0.191 e. The Morgan fingerprint density at radius 2 is 2.15 bits per heavy atom. The van der Waals surface area contributed by atoms with Gasteiger partial charge in [0.25, 0.3) is 0 Å². The van der Waals surface area contributed by atoms with Gasteiger partial charge < -0.3 is 10.6 Å². The van der Waals surface area contributed by atoms with Crippen LogP contribution in [0.1, 0.15) is 29.7 Å². The van der Waals surface area contributed by atoms with E-state index in [2.05, 4.69) is 25.6 Å². The molecular formula is C20H23FN6. The molecule has 2 aromatic heterocycles. The van der Waals surface area contributed by atoms with Crippen molar-refractivity contribution in [1.82, 2.24) is 25.2 Å². The Hall–Kier alpha value is -3.22. The van der Waals surface area contributed by atoms with Gasteiger partial charge in [-0.25, -0.2) is 14.4 Å². The molecule has 0 bridgehead atoms. The summed E-state index contributed by atoms with van der Waals surface area (Å²) in [6.07, 6.45) is 7.09. The second-order valence-corrected chi connectivity index (χ2v) is 6.30. The number of imidazole rings is 1. The number of halogens is 1. The molecule has 0 radical (unpaired) electrons. The summed E-state index contributed by atoms with van der Waals surface area (Å²) in [4.78, 5) is 12.7. The van der Waals surface area contributed by atoms with Gasteiger partial charge in [0.05, 0.1) is 6.04 Å². The largest absolute Gasteiger partial charge is 0.352 e. The minimum absolute atomic E-state index is 0.0759. The van der Waals surface area contributed by atoms with Crippen LogP contribution in [0.25, 0.3) is 5.82 Å². The summed E-state index contributed by atoms with van der Waals surface area (Å²) in [5.74, 6) is 1.25. The van der Waals surface area contributed by atoms with E-state index in [1.807, 2.05) is 42.1 Å². The van der Waals surface area contributed by atoms with Gasteiger partial charge in [-0.3, -0.25) is 9.56 Å². The van der Waals surface area contributed by atoms with E-state index >= 15 is 0 Å². The first-order chi connectivity index (χ1) is 13.1. The third-order valence-electron chi connectivity index (χ3n) is 4.31. The van der Waals surface area contributed by atoms with Crippen LogP contribution in [-0.4, -0.2) is 27.5 Å². The van der Waals surface area contributed by atoms with Crippen molar-refractivity contribution >= 4 is 5.96 Å². The third-order valence-corrected chi connectivity index (χ3v) is 4.31. The standard InChI is InChI=1S/C20H23FN6/c1-14-4-6-17(10-18(14)21)15(2)26-20(22-3)25-12-16-5-7-19(24-11-16)27-9-8-23-13-27/h4-11,13,15H,12H2,1-3H3,(H2,22,25,26). The summed E-state index contributed by atoms with van der Waals surface area (Å²) in [7, 11) is 1.71. The number of aliphatic imine (C=N–C) groups is 1. The van der Waals surface area contributed by atoms with Gasteiger partial charge in [-0.2, -0.15) is 0 Å². The van der Waals surface area contributed by atoms with E-state index in [9.17, 15) is 4.39 Å². The fraction of sp³-hybridized carbons (Fsp3) is 0.250. The zero-order valence-electron chi connectivity index (χ0n) is 15.6. The quantitative estimate of drug-likeness (QED) is 0.538. The highest BCUT2D eigenvalue weighted by atomic mass is 19.1. The molecule has 27 heavy (non-hydrogen) atoms. The van der Waals surface area contributed by atoms with Crippen LogP contribution in [0.2, 0.25) is 0 Å². The molecule has 0 aliphatic heterocycles. The number of rotatable bonds is 5. The molecule has 1 aromatic carbocycles. The maximum atomic E-state index is 13.8. The van der Waals surface area contributed by atoms with E-state index < -0.39 is 0 Å². The molecule has 3 aromatic rings. The zero-order valence-corrected chi connectivity index (χ0v) is 15.6. The van der Waals surface area contributed by atoms with Crippen LogP contribution >= 0.6 is 0 Å². The molecule has 2 heterocycles. The Bertz CT molecular complexity index is 903. The topological polar surface area (TPSA) is 67.1 Å². The number of pyridine rings is 1. The van der Waals surface area contributed by atoms with Crippen molar-refractivity contribution < 1.29 is 4.39 Å². The van der Waals surface area contributed by atoms with Crippen molar-refractivity contribution in [3.63, 3.8) is 0 Å². The van der Waals surface area contributed by atoms with Crippen LogP contribution in [0.3, 0.4) is 0 Å². The molecule has 0 aliphatic carbocycles. The molecule has 2 N–H and O–H groups in total. The molecular weight excluding hydrogens is 343 g/mol. The Kier molecular flexibility index (Phi) is 5.80. The van der Waals surface area contributed by atoms with Crippen molar-refractivity contribution in [3.8, 4) is 5.82 Å². The normalized spacial score (nSPS) is 12.7. The van der Waals surface area contributed by atoms with E-state index in [1.54, 1.807) is 38.6 Å². The van der Waals surface area contributed by atoms with Crippen molar-refractivity contribution in [3.05, 3.63) is 77.8 Å². The first-order valence-corrected chi connectivity index (χ1v) is 8.73. The Morgan fingerprint density at radius 3 is 2.78 bits per heavy atom. The lowest BCUT2D eigenvalue weighted by molar-refractivity contribution is 0.607. The maximum Gasteiger partial charge on any atom is 0.191 e. The van der Waals surface area contributed by atoms with Crippen LogP contribution in [-0.2, 0) is 6.54 Å². The predicted octanol–water partition coefficient (Wildman–Crippen LogP) is 3.14. The zero-order chi connectivity index (χ0) is 19.2. The molecule has 1 unspecified atom stereocenters. The second kappa shape index (κ2) is 8.44. The number of benzene rings is 1. The van der Waals surface area contributed by atoms with E-state index in [4.69, 9.17) is 0 Å². The first-order valence-electron chi connectivity index (χ1n) is 8.73. The molecule has 1 atom stereocenters. The van der Waals surface area contributed by atoms with Crippen LogP contribution < -0.4 is 10.6 Å². The molecule has 0 spiro atoms. The number of aryl methyl sites for hydroxylation is 1. The van der Waals surface area contributed by atoms with Crippen LogP contribution in [0.15, 0.2) is 60.2 Å². The molecule has 0 fully saturated rings. The van der Waals surface area contributed by atoms with Gasteiger partial charge in [-0.1, -0.05) is 18.2 Å². The Morgan fingerprint density at radius 1 is 1.30 bits per heavy atom. The Balaban J connectivity index is 1.58. The summed E-state index contributed by atoms with van der Waals surface area (Å²) < 4.78 is 15.6. The third kappa shape index (κ3) is 4.69. The van der Waals surface area contributed by atoms with E-state index in [0.717, 1.165) is 16.9 Å². The summed E-state index contributed by atoms with van der Waals surface area (Å²) in [5, 5.41) is 6.53. The molecule has 3 rings (SSSR count). The van der Waals surface area contributed by atoms with Gasteiger partial charge in [0, 0.05) is 32.2 Å². The monoisotopic (exact) mass is 366 g/mol. The summed E-state index contributed by atoms with van der Waals surface area (Å²) in [5.41, 5.74) is 2.53. The summed E-state index contributed by atoms with van der Waals surface area (Å²) >= 11 is 0. The number of nitrogens with zero attached hydrogens (tertiary/aromatic N) is 4. The molecule has 0 saturated carbocycles. The highest BCUT2D eigenvalue weighted by Gasteiger charge is 2.10. The van der Waals surface area contributed by atoms with Gasteiger partial charge in [-0.15, -0.1) is 0 Å². The van der Waals surface area contributed by atoms with Crippen LogP contribution in [0, 0.1) is 12.7 Å². The predicted molar refractivity (Wildman–Crippen MR) is 104 cm³/mol. The highest BCUT2D eigenvalue weighted by Crippen LogP contribution is 2.16. The number of hydrogen-bond acceptors (Lipinski definition) is 3. The van der Waals surface area contributed by atoms with E-state index in [0.29, 0.717) is 18.1 Å². The van der Waals surface area contributed by atoms with Gasteiger partial charge in [-0.05, 0) is 42.7 Å². The molecule has 0 amide bonds. The lowest BCUT2D eigenvalue weighted by atomic mass is 10.1. The van der Waals surface area contributed by atoms with Crippen molar-refractivity contribution in [2.45, 2.75) is 26.4 Å². The average molecular weight is 366 g/mol. The fourth-order valence-corrected chi connectivity index (χ4v) is 2.62. The lowest BCUT2D eigenvalue weighted by Crippen LogP contribution is -2.38. The molecule has 0 aliphatic rings. The van der Waals surface area contributed by atoms with E-state index in [-0.39, 0.29) is 11.9 Å². The minimum Gasteiger partial charge on any atom is -0.352 e. The van der Waals surface area contributed by atoms with Crippen molar-refractivity contribution in [1.29, 1.82) is 0 Å². The highest BCUT2D eigenvalue weighted by molar-refractivity contribution is 5.80. The lowest BCUT2D eigenvalue weighted by Gasteiger charge is -2.18.